The van der Waals surface area contributed by atoms with Crippen molar-refractivity contribution in [2.75, 3.05) is 0 Å². The van der Waals surface area contributed by atoms with Gasteiger partial charge in [0.1, 0.15) is 11.0 Å². The molecule has 2 aromatic heterocycles. The summed E-state index contributed by atoms with van der Waals surface area (Å²) in [6, 6.07) is 22.7. The Morgan fingerprint density at radius 3 is 2.41 bits per heavy atom. The van der Waals surface area contributed by atoms with Crippen molar-refractivity contribution in [2.24, 2.45) is 7.05 Å². The molecule has 0 aliphatic heterocycles. The average molecular weight is 418 g/mol. The van der Waals surface area contributed by atoms with Crippen LogP contribution in [0.25, 0.3) is 38.8 Å². The van der Waals surface area contributed by atoms with E-state index in [0.29, 0.717) is 0 Å². The van der Waals surface area contributed by atoms with Gasteiger partial charge in [0.2, 0.25) is 0 Å². The Labute approximate surface area is 189 Å². The van der Waals surface area contributed by atoms with E-state index in [1.807, 2.05) is 0 Å². The van der Waals surface area contributed by atoms with E-state index in [-0.39, 0.29) is 5.41 Å². The van der Waals surface area contributed by atoms with Crippen molar-refractivity contribution in [1.82, 2.24) is 4.57 Å². The summed E-state index contributed by atoms with van der Waals surface area (Å²) in [5.41, 5.74) is 12.1. The number of rotatable bonds is 1. The zero-order chi connectivity index (χ0) is 22.4. The van der Waals surface area contributed by atoms with Crippen LogP contribution in [0.2, 0.25) is 0 Å². The van der Waals surface area contributed by atoms with Crippen LogP contribution in [0, 0.1) is 20.8 Å². The van der Waals surface area contributed by atoms with E-state index in [0.717, 1.165) is 0 Å². The molecule has 6 rings (SSSR count). The monoisotopic (exact) mass is 417 g/mol. The molecule has 0 N–H and O–H groups in total. The van der Waals surface area contributed by atoms with Crippen LogP contribution in [-0.4, -0.2) is 4.57 Å². The molecule has 0 spiro atoms. The number of fused-ring (bicyclic) bond motifs is 6. The second-order valence-corrected chi connectivity index (χ2v) is 9.97. The summed E-state index contributed by atoms with van der Waals surface area (Å²) in [5.74, 6) is 1.25. The Hall–Kier alpha value is -3.39. The Morgan fingerprint density at radius 1 is 0.812 bits per heavy atom. The van der Waals surface area contributed by atoms with E-state index in [1.54, 1.807) is 0 Å². The van der Waals surface area contributed by atoms with Gasteiger partial charge in [0.25, 0.3) is 5.82 Å². The topological polar surface area (TPSA) is 8.81 Å². The highest BCUT2D eigenvalue weighted by Crippen LogP contribution is 2.50. The summed E-state index contributed by atoms with van der Waals surface area (Å²) in [7, 11) is 2.18. The molecule has 3 aromatic carbocycles. The van der Waals surface area contributed by atoms with E-state index in [1.165, 1.54) is 66.6 Å². The Balaban J connectivity index is 1.87. The molecular formula is C30H29N2+. The second-order valence-electron chi connectivity index (χ2n) is 9.97. The van der Waals surface area contributed by atoms with E-state index in [2.05, 4.69) is 118 Å². The Bertz CT molecular complexity index is 1580. The van der Waals surface area contributed by atoms with Gasteiger partial charge in [-0.2, -0.15) is 4.57 Å². The summed E-state index contributed by atoms with van der Waals surface area (Å²) < 4.78 is 4.82. The molecule has 0 saturated heterocycles. The number of aromatic nitrogens is 2. The number of nitrogens with zero attached hydrogens (tertiary/aromatic N) is 2. The van der Waals surface area contributed by atoms with E-state index < -0.39 is 0 Å². The van der Waals surface area contributed by atoms with Gasteiger partial charge in [-0.1, -0.05) is 55.8 Å². The van der Waals surface area contributed by atoms with Crippen LogP contribution < -0.4 is 4.57 Å². The first-order valence-electron chi connectivity index (χ1n) is 11.4. The molecule has 2 heteroatoms. The molecule has 1 aliphatic rings. The summed E-state index contributed by atoms with van der Waals surface area (Å²) >= 11 is 0. The van der Waals surface area contributed by atoms with Crippen molar-refractivity contribution in [3.63, 3.8) is 0 Å². The van der Waals surface area contributed by atoms with Gasteiger partial charge >= 0.3 is 0 Å². The number of benzene rings is 3. The lowest BCUT2D eigenvalue weighted by molar-refractivity contribution is -0.665. The molecule has 32 heavy (non-hydrogen) atoms. The number of aryl methyl sites for hydroxylation is 4. The smallest absolute Gasteiger partial charge is 0.236 e. The van der Waals surface area contributed by atoms with Crippen molar-refractivity contribution >= 4 is 21.8 Å². The minimum absolute atomic E-state index is 0.0186. The largest absolute Gasteiger partial charge is 0.295 e. The SMILES string of the molecule is Cc1ccc2c(c1)c1ccc(C)c(C)c1n2-c1c2c(cc[n+]1C)C(C)(C)c1ccccc1-2. The maximum Gasteiger partial charge on any atom is 0.295 e. The molecule has 2 heterocycles. The van der Waals surface area contributed by atoms with Crippen molar-refractivity contribution in [3.8, 4) is 16.9 Å². The lowest BCUT2D eigenvalue weighted by Crippen LogP contribution is -2.35. The third-order valence-electron chi connectivity index (χ3n) is 7.66. The highest BCUT2D eigenvalue weighted by molar-refractivity contribution is 6.11. The van der Waals surface area contributed by atoms with Gasteiger partial charge in [-0.15, -0.1) is 0 Å². The average Bonchev–Trinajstić information content (AvgIpc) is 3.21. The van der Waals surface area contributed by atoms with Crippen molar-refractivity contribution in [3.05, 3.63) is 94.7 Å². The molecule has 0 radical (unpaired) electrons. The highest BCUT2D eigenvalue weighted by atomic mass is 15.1. The first-order chi connectivity index (χ1) is 15.3. The van der Waals surface area contributed by atoms with E-state index >= 15 is 0 Å². The molecule has 2 nitrogen and oxygen atoms in total. The first-order valence-corrected chi connectivity index (χ1v) is 11.4. The predicted molar refractivity (Wildman–Crippen MR) is 134 cm³/mol. The molecule has 158 valence electrons. The minimum atomic E-state index is -0.0186. The molecule has 0 amide bonds. The maximum atomic E-state index is 2.52. The lowest BCUT2D eigenvalue weighted by Gasteiger charge is -2.21. The molecule has 0 bridgehead atoms. The fourth-order valence-electron chi connectivity index (χ4n) is 5.79. The third kappa shape index (κ3) is 2.33. The van der Waals surface area contributed by atoms with Gasteiger partial charge < -0.3 is 0 Å². The molecule has 0 fully saturated rings. The summed E-state index contributed by atoms with van der Waals surface area (Å²) in [5, 5.41) is 2.65. The molecular weight excluding hydrogens is 388 g/mol. The summed E-state index contributed by atoms with van der Waals surface area (Å²) in [6.07, 6.45) is 2.23. The van der Waals surface area contributed by atoms with Crippen LogP contribution in [0.5, 0.6) is 0 Å². The van der Waals surface area contributed by atoms with Gasteiger partial charge in [0.15, 0.2) is 0 Å². The lowest BCUT2D eigenvalue weighted by atomic mass is 9.83. The normalized spacial score (nSPS) is 14.2. The standard InChI is InChI=1S/C30H29N2/c1-18-11-14-26-23(17-18)21-13-12-19(2)20(3)28(21)32(26)29-27-22-9-7-8-10-24(22)30(4,5)25(27)15-16-31(29)6/h7-17H,1-6H3/q+1. The van der Waals surface area contributed by atoms with Crippen LogP contribution in [0.15, 0.2) is 66.9 Å². The van der Waals surface area contributed by atoms with Gasteiger partial charge in [0.05, 0.1) is 18.8 Å². The fourth-order valence-corrected chi connectivity index (χ4v) is 5.79. The molecule has 0 saturated carbocycles. The highest BCUT2D eigenvalue weighted by Gasteiger charge is 2.40. The summed E-state index contributed by atoms with van der Waals surface area (Å²) in [6.45, 7) is 11.4. The third-order valence-corrected chi connectivity index (χ3v) is 7.66. The van der Waals surface area contributed by atoms with Crippen molar-refractivity contribution in [1.29, 1.82) is 0 Å². The van der Waals surface area contributed by atoms with E-state index in [9.17, 15) is 0 Å². The molecule has 0 unspecified atom stereocenters. The van der Waals surface area contributed by atoms with E-state index in [4.69, 9.17) is 0 Å². The second kappa shape index (κ2) is 6.32. The van der Waals surface area contributed by atoms with Crippen LogP contribution in [0.3, 0.4) is 0 Å². The molecule has 0 atom stereocenters. The van der Waals surface area contributed by atoms with Gasteiger partial charge in [-0.05, 0) is 72.9 Å². The van der Waals surface area contributed by atoms with Crippen LogP contribution in [0.1, 0.15) is 41.7 Å². The minimum Gasteiger partial charge on any atom is -0.236 e. The van der Waals surface area contributed by atoms with Gasteiger partial charge in [0, 0.05) is 16.2 Å². The van der Waals surface area contributed by atoms with Crippen LogP contribution in [-0.2, 0) is 12.5 Å². The van der Waals surface area contributed by atoms with Crippen molar-refractivity contribution < 1.29 is 4.57 Å². The van der Waals surface area contributed by atoms with Crippen molar-refractivity contribution in [2.45, 2.75) is 40.0 Å². The fraction of sp³-hybridized carbons (Fsp3) is 0.233. The molecule has 5 aromatic rings. The Morgan fingerprint density at radius 2 is 1.59 bits per heavy atom. The van der Waals surface area contributed by atoms with Crippen LogP contribution in [0.4, 0.5) is 0 Å². The zero-order valence-electron chi connectivity index (χ0n) is 19.7. The number of pyridine rings is 1. The maximum absolute atomic E-state index is 2.52. The first kappa shape index (κ1) is 19.3. The summed E-state index contributed by atoms with van der Waals surface area (Å²) in [4.78, 5) is 0. The van der Waals surface area contributed by atoms with Crippen LogP contribution >= 0.6 is 0 Å². The Kier molecular flexibility index (Phi) is 3.81. The predicted octanol–water partition coefficient (Wildman–Crippen LogP) is 6.84. The molecule has 1 aliphatic carbocycles. The zero-order valence-corrected chi connectivity index (χ0v) is 19.7. The van der Waals surface area contributed by atoms with Gasteiger partial charge in [-0.3, -0.25) is 0 Å². The number of hydrogen-bond donors (Lipinski definition) is 0. The quantitative estimate of drug-likeness (QED) is 0.264. The van der Waals surface area contributed by atoms with Gasteiger partial charge in [-0.25, -0.2) is 4.57 Å². The number of hydrogen-bond acceptors (Lipinski definition) is 0.